The largest absolute Gasteiger partial charge is 0.469 e. The molecule has 1 atom stereocenters. The summed E-state index contributed by atoms with van der Waals surface area (Å²) < 4.78 is 9.81. The van der Waals surface area contributed by atoms with E-state index in [2.05, 4.69) is 16.9 Å². The first-order valence-corrected chi connectivity index (χ1v) is 5.72. The average Bonchev–Trinajstić information content (AvgIpc) is 2.78. The monoisotopic (exact) mass is 441 g/mol. The zero-order valence-electron chi connectivity index (χ0n) is 9.94. The van der Waals surface area contributed by atoms with Crippen LogP contribution in [0.1, 0.15) is 25.0 Å². The minimum absolute atomic E-state index is 0. The number of hydrogen-bond acceptors (Lipinski definition) is 6. The van der Waals surface area contributed by atoms with Gasteiger partial charge >= 0.3 is 11.9 Å². The van der Waals surface area contributed by atoms with Crippen LogP contribution >= 0.6 is 11.3 Å². The van der Waals surface area contributed by atoms with Crippen molar-refractivity contribution >= 4 is 23.3 Å². The first-order valence-electron chi connectivity index (χ1n) is 4.91. The molecule has 0 aromatic carbocycles. The number of esters is 2. The van der Waals surface area contributed by atoms with Gasteiger partial charge in [0.25, 0.3) is 0 Å². The van der Waals surface area contributed by atoms with Crippen molar-refractivity contribution in [1.82, 2.24) is 4.98 Å². The van der Waals surface area contributed by atoms with Crippen LogP contribution in [0.25, 0.3) is 0 Å². The molecule has 5 nitrogen and oxygen atoms in total. The molecule has 0 bridgehead atoms. The van der Waals surface area contributed by atoms with E-state index in [0.717, 1.165) is 11.3 Å². The molecule has 1 unspecified atom stereocenters. The summed E-state index contributed by atoms with van der Waals surface area (Å²) in [4.78, 5) is 26.5. The number of ether oxygens (including phenoxy) is 2. The van der Waals surface area contributed by atoms with E-state index in [1.165, 1.54) is 13.1 Å². The van der Waals surface area contributed by atoms with E-state index in [9.17, 15) is 9.59 Å². The Hall–Kier alpha value is -1.03. The molecular weight excluding hydrogens is 428 g/mol. The van der Waals surface area contributed by atoms with Gasteiger partial charge in [0.2, 0.25) is 0 Å². The molecule has 0 aliphatic rings. The zero-order chi connectivity index (χ0) is 12.8. The number of aromatic nitrogens is 1. The summed E-state index contributed by atoms with van der Waals surface area (Å²) in [6.07, 6.45) is 0.539. The van der Waals surface area contributed by atoms with E-state index < -0.39 is 18.0 Å². The van der Waals surface area contributed by atoms with Gasteiger partial charge in [-0.15, -0.1) is 0 Å². The van der Waals surface area contributed by atoms with Crippen LogP contribution in [0.5, 0.6) is 0 Å². The zero-order valence-corrected chi connectivity index (χ0v) is 13.5. The Morgan fingerprint density at radius 2 is 2.28 bits per heavy atom. The summed E-state index contributed by atoms with van der Waals surface area (Å²) in [6, 6.07) is 0. The van der Waals surface area contributed by atoms with Gasteiger partial charge < -0.3 is 25.8 Å². The first kappa shape index (κ1) is 17.0. The van der Waals surface area contributed by atoms with Crippen molar-refractivity contribution in [2.24, 2.45) is 0 Å². The maximum atomic E-state index is 11.5. The third-order valence-corrected chi connectivity index (χ3v) is 2.52. The number of carbonyl (C=O) groups is 2. The van der Waals surface area contributed by atoms with Crippen LogP contribution in [0.4, 0.5) is 0 Å². The third-order valence-electron chi connectivity index (χ3n) is 1.77. The van der Waals surface area contributed by atoms with Crippen LogP contribution in [0.2, 0.25) is 0 Å². The van der Waals surface area contributed by atoms with Gasteiger partial charge in [-0.2, -0.15) is 5.38 Å². The van der Waals surface area contributed by atoms with E-state index in [0.29, 0.717) is 5.01 Å². The number of nitrogens with zero attached hydrogens (tertiary/aromatic N) is 1. The molecule has 18 heavy (non-hydrogen) atoms. The van der Waals surface area contributed by atoms with Crippen molar-refractivity contribution < 1.29 is 39.5 Å². The number of hydrogen-bond donors (Lipinski definition) is 0. The van der Waals surface area contributed by atoms with Crippen LogP contribution in [0.3, 0.4) is 0 Å². The van der Waals surface area contributed by atoms with E-state index in [-0.39, 0.29) is 32.6 Å². The van der Waals surface area contributed by atoms with E-state index >= 15 is 0 Å². The summed E-state index contributed by atoms with van der Waals surface area (Å²) in [5, 5.41) is 3.20. The first-order chi connectivity index (χ1) is 8.06. The summed E-state index contributed by atoms with van der Waals surface area (Å²) >= 11 is 1.15. The number of rotatable bonds is 5. The molecule has 7 heteroatoms. The van der Waals surface area contributed by atoms with Crippen molar-refractivity contribution in [3.63, 3.8) is 0 Å². The fraction of sp³-hybridized carbons (Fsp3) is 0.364. The van der Waals surface area contributed by atoms with Gasteiger partial charge in [-0.3, -0.25) is 4.79 Å². The molecule has 1 radical (unpaired) electrons. The number of thiazole rings is 1. The minimum atomic E-state index is -0.900. The maximum Gasteiger partial charge on any atom is 0.335 e. The molecule has 0 aliphatic carbocycles. The van der Waals surface area contributed by atoms with Gasteiger partial charge in [0.05, 0.1) is 12.2 Å². The molecule has 1 rings (SSSR count). The molecule has 0 amide bonds. The van der Waals surface area contributed by atoms with Gasteiger partial charge in [-0.25, -0.2) is 4.79 Å². The summed E-state index contributed by atoms with van der Waals surface area (Å²) in [5.74, 6) is -1.12. The van der Waals surface area contributed by atoms with Crippen LogP contribution < -0.4 is 0 Å². The van der Waals surface area contributed by atoms with Gasteiger partial charge in [-0.1, -0.05) is 12.8 Å². The second kappa shape index (κ2) is 8.14. The Morgan fingerprint density at radius 1 is 1.61 bits per heavy atom. The molecule has 0 spiro atoms. The molecule has 1 heterocycles. The Morgan fingerprint density at radius 3 is 2.72 bits per heavy atom. The maximum absolute atomic E-state index is 11.5. The van der Waals surface area contributed by atoms with Gasteiger partial charge in [0.1, 0.15) is 6.10 Å². The third kappa shape index (κ3) is 4.69. The number of carbonyl (C=O) groups excluding carboxylic acids is 2. The van der Waals surface area contributed by atoms with Crippen molar-refractivity contribution in [3.8, 4) is 0 Å². The predicted molar refractivity (Wildman–Crippen MR) is 61.2 cm³/mol. The van der Waals surface area contributed by atoms with Crippen molar-refractivity contribution in [1.29, 1.82) is 0 Å². The van der Waals surface area contributed by atoms with Crippen molar-refractivity contribution in [2.75, 3.05) is 6.61 Å². The minimum Gasteiger partial charge on any atom is -0.469 e. The normalized spacial score (nSPS) is 11.0. The van der Waals surface area contributed by atoms with E-state index in [1.807, 2.05) is 0 Å². The average molecular weight is 440 g/mol. The Kier molecular flexibility index (Phi) is 7.68. The molecule has 0 saturated carbocycles. The summed E-state index contributed by atoms with van der Waals surface area (Å²) in [6.45, 7) is 6.75. The Labute approximate surface area is 123 Å². The molecular formula is C11H12NO4ReS-. The second-order valence-electron chi connectivity index (χ2n) is 3.05. The smallest absolute Gasteiger partial charge is 0.335 e. The van der Waals surface area contributed by atoms with Crippen molar-refractivity contribution in [3.05, 3.63) is 28.7 Å². The SMILES string of the molecule is C=C(C(=O)OCC)C(OC(C)=O)c1nc[c-]s1.[Re]. The van der Waals surface area contributed by atoms with Gasteiger partial charge in [0.15, 0.2) is 0 Å². The molecule has 1 aromatic heterocycles. The molecule has 0 aliphatic heterocycles. The van der Waals surface area contributed by atoms with Crippen LogP contribution in [0.15, 0.2) is 18.3 Å². The quantitative estimate of drug-likeness (QED) is 0.396. The van der Waals surface area contributed by atoms with Crippen LogP contribution in [-0.2, 0) is 39.5 Å². The van der Waals surface area contributed by atoms with Crippen LogP contribution in [0, 0.1) is 5.38 Å². The van der Waals surface area contributed by atoms with Crippen LogP contribution in [-0.4, -0.2) is 23.5 Å². The van der Waals surface area contributed by atoms with Gasteiger partial charge in [0, 0.05) is 27.3 Å². The summed E-state index contributed by atoms with van der Waals surface area (Å²) in [5.41, 5.74) is 0.0467. The second-order valence-corrected chi connectivity index (χ2v) is 3.91. The Bertz CT molecular complexity index is 419. The molecule has 1 aromatic rings. The molecule has 0 saturated heterocycles. The molecule has 0 fully saturated rings. The van der Waals surface area contributed by atoms with E-state index in [1.54, 1.807) is 6.92 Å². The fourth-order valence-electron chi connectivity index (χ4n) is 1.09. The molecule has 99 valence electrons. The molecule has 0 N–H and O–H groups in total. The summed E-state index contributed by atoms with van der Waals surface area (Å²) in [7, 11) is 0. The van der Waals surface area contributed by atoms with Gasteiger partial charge in [-0.05, 0) is 11.9 Å². The van der Waals surface area contributed by atoms with E-state index in [4.69, 9.17) is 9.47 Å². The topological polar surface area (TPSA) is 65.5 Å². The Balaban J connectivity index is 0.00000289. The van der Waals surface area contributed by atoms with Crippen molar-refractivity contribution in [2.45, 2.75) is 20.0 Å². The predicted octanol–water partition coefficient (Wildman–Crippen LogP) is 1.66. The standard InChI is InChI=1S/C11H12NO4S.Re/c1-4-15-11(14)7(2)9(16-8(3)13)10-12-5-6-17-10;/h5,9H,2,4H2,1,3H3;/q-1;. The fourth-order valence-corrected chi connectivity index (χ4v) is 1.72.